The second-order valence-electron chi connectivity index (χ2n) is 10.6. The van der Waals surface area contributed by atoms with Crippen molar-refractivity contribution in [1.82, 2.24) is 9.97 Å². The van der Waals surface area contributed by atoms with Crippen molar-refractivity contribution >= 4 is 32.3 Å². The van der Waals surface area contributed by atoms with E-state index in [0.717, 1.165) is 22.5 Å². The maximum atomic E-state index is 4.77. The van der Waals surface area contributed by atoms with Gasteiger partial charge in [0, 0.05) is 18.0 Å². The fourth-order valence-electron chi connectivity index (χ4n) is 6.16. The highest BCUT2D eigenvalue weighted by molar-refractivity contribution is 6.22. The molecule has 42 heavy (non-hydrogen) atoms. The van der Waals surface area contributed by atoms with Crippen molar-refractivity contribution in [2.24, 2.45) is 0 Å². The van der Waals surface area contributed by atoms with Crippen LogP contribution in [0, 0.1) is 0 Å². The minimum absolute atomic E-state index is 0.870. The molecular weight excluding hydrogens is 508 g/mol. The number of hydrogen-bond donors (Lipinski definition) is 0. The van der Waals surface area contributed by atoms with E-state index in [1.54, 1.807) is 6.20 Å². The van der Waals surface area contributed by atoms with Crippen LogP contribution in [0.2, 0.25) is 0 Å². The van der Waals surface area contributed by atoms with Crippen LogP contribution in [-0.4, -0.2) is 9.97 Å². The SMILES string of the molecule is c1ccc(-c2c3ccccc3c(-c3ccc4ccccc4c3)c3ccc(-c4ccc(-c5ccccn5)nc4)cc23)cc1. The van der Waals surface area contributed by atoms with Crippen LogP contribution in [0.5, 0.6) is 0 Å². The Morgan fingerprint density at radius 2 is 0.976 bits per heavy atom. The molecule has 0 unspecified atom stereocenters. The van der Waals surface area contributed by atoms with Gasteiger partial charge in [0.2, 0.25) is 0 Å². The van der Waals surface area contributed by atoms with Gasteiger partial charge in [0.15, 0.2) is 0 Å². The number of rotatable bonds is 4. The lowest BCUT2D eigenvalue weighted by molar-refractivity contribution is 1.25. The molecule has 0 saturated carbocycles. The molecule has 0 atom stereocenters. The summed E-state index contributed by atoms with van der Waals surface area (Å²) in [4.78, 5) is 9.23. The van der Waals surface area contributed by atoms with Crippen LogP contribution in [-0.2, 0) is 0 Å². The molecule has 8 rings (SSSR count). The molecular formula is C40H26N2. The van der Waals surface area contributed by atoms with Crippen LogP contribution in [0.25, 0.3) is 77.1 Å². The summed E-state index contributed by atoms with van der Waals surface area (Å²) in [7, 11) is 0. The highest BCUT2D eigenvalue weighted by Gasteiger charge is 2.17. The molecule has 0 spiro atoms. The molecule has 196 valence electrons. The lowest BCUT2D eigenvalue weighted by Crippen LogP contribution is -1.92. The molecule has 0 N–H and O–H groups in total. The molecule has 2 heterocycles. The summed E-state index contributed by atoms with van der Waals surface area (Å²) in [6.07, 6.45) is 3.76. The van der Waals surface area contributed by atoms with Gasteiger partial charge in [-0.05, 0) is 90.5 Å². The summed E-state index contributed by atoms with van der Waals surface area (Å²) in [5, 5.41) is 7.47. The monoisotopic (exact) mass is 534 g/mol. The van der Waals surface area contributed by atoms with Crippen molar-refractivity contribution in [3.63, 3.8) is 0 Å². The van der Waals surface area contributed by atoms with Crippen molar-refractivity contribution in [1.29, 1.82) is 0 Å². The van der Waals surface area contributed by atoms with Gasteiger partial charge < -0.3 is 0 Å². The average Bonchev–Trinajstić information content (AvgIpc) is 3.07. The maximum absolute atomic E-state index is 4.77. The van der Waals surface area contributed by atoms with Crippen LogP contribution in [0.3, 0.4) is 0 Å². The van der Waals surface area contributed by atoms with Crippen molar-refractivity contribution in [2.45, 2.75) is 0 Å². The molecule has 0 amide bonds. The Hall–Kier alpha value is -5.60. The van der Waals surface area contributed by atoms with Gasteiger partial charge in [0.05, 0.1) is 11.4 Å². The largest absolute Gasteiger partial charge is 0.255 e. The first-order valence-corrected chi connectivity index (χ1v) is 14.2. The topological polar surface area (TPSA) is 25.8 Å². The second kappa shape index (κ2) is 10.1. The fourth-order valence-corrected chi connectivity index (χ4v) is 6.16. The van der Waals surface area contributed by atoms with Gasteiger partial charge in [0.1, 0.15) is 0 Å². The first kappa shape index (κ1) is 24.2. The number of fused-ring (bicyclic) bond motifs is 3. The predicted molar refractivity (Wildman–Crippen MR) is 176 cm³/mol. The van der Waals surface area contributed by atoms with Gasteiger partial charge in [-0.2, -0.15) is 0 Å². The molecule has 6 aromatic carbocycles. The quantitative estimate of drug-likeness (QED) is 0.210. The lowest BCUT2D eigenvalue weighted by atomic mass is 9.84. The maximum Gasteiger partial charge on any atom is 0.0886 e. The van der Waals surface area contributed by atoms with Gasteiger partial charge in [-0.25, -0.2) is 0 Å². The predicted octanol–water partition coefficient (Wildman–Crippen LogP) is 10.6. The van der Waals surface area contributed by atoms with E-state index in [9.17, 15) is 0 Å². The van der Waals surface area contributed by atoms with E-state index in [1.165, 1.54) is 54.6 Å². The van der Waals surface area contributed by atoms with Crippen molar-refractivity contribution in [3.05, 3.63) is 158 Å². The average molecular weight is 535 g/mol. The molecule has 0 aliphatic rings. The number of hydrogen-bond acceptors (Lipinski definition) is 2. The molecule has 0 saturated heterocycles. The van der Waals surface area contributed by atoms with E-state index in [0.29, 0.717) is 0 Å². The molecule has 2 nitrogen and oxygen atoms in total. The zero-order valence-corrected chi connectivity index (χ0v) is 22.9. The van der Waals surface area contributed by atoms with Crippen LogP contribution < -0.4 is 0 Å². The third-order valence-electron chi connectivity index (χ3n) is 8.15. The minimum Gasteiger partial charge on any atom is -0.255 e. The van der Waals surface area contributed by atoms with Crippen LogP contribution >= 0.6 is 0 Å². The first-order valence-electron chi connectivity index (χ1n) is 14.2. The first-order chi connectivity index (χ1) is 20.8. The summed E-state index contributed by atoms with van der Waals surface area (Å²) < 4.78 is 0. The Bertz CT molecular complexity index is 2220. The second-order valence-corrected chi connectivity index (χ2v) is 10.6. The molecule has 2 heteroatoms. The van der Waals surface area contributed by atoms with Crippen molar-refractivity contribution in [3.8, 4) is 44.8 Å². The van der Waals surface area contributed by atoms with E-state index < -0.39 is 0 Å². The Balaban J connectivity index is 1.40. The highest BCUT2D eigenvalue weighted by atomic mass is 14.8. The van der Waals surface area contributed by atoms with E-state index in [1.807, 2.05) is 24.4 Å². The molecule has 0 aliphatic heterocycles. The van der Waals surface area contributed by atoms with E-state index in [4.69, 9.17) is 4.98 Å². The standard InChI is InChI=1S/C40H26N2/c1-2-11-28(12-3-1)39-33-14-6-7-15-34(33)40(31-18-17-27-10-4-5-13-29(27)24-31)35-21-19-30(25-36(35)39)32-20-22-38(42-26-32)37-16-8-9-23-41-37/h1-26H. The fraction of sp³-hybridized carbons (Fsp3) is 0. The third-order valence-corrected chi connectivity index (χ3v) is 8.15. The van der Waals surface area contributed by atoms with Gasteiger partial charge in [-0.1, -0.05) is 115 Å². The number of nitrogens with zero attached hydrogens (tertiary/aromatic N) is 2. The third kappa shape index (κ3) is 4.13. The molecule has 2 aromatic heterocycles. The molecule has 0 aliphatic carbocycles. The van der Waals surface area contributed by atoms with E-state index in [2.05, 4.69) is 132 Å². The number of benzene rings is 6. The zero-order chi connectivity index (χ0) is 27.9. The smallest absolute Gasteiger partial charge is 0.0886 e. The Labute approximate surface area is 244 Å². The summed E-state index contributed by atoms with van der Waals surface area (Å²) in [5.41, 5.74) is 8.92. The Morgan fingerprint density at radius 3 is 1.74 bits per heavy atom. The summed E-state index contributed by atoms with van der Waals surface area (Å²) in [6, 6.07) is 51.9. The normalized spacial score (nSPS) is 11.3. The van der Waals surface area contributed by atoms with Crippen molar-refractivity contribution in [2.75, 3.05) is 0 Å². The summed E-state index contributed by atoms with van der Waals surface area (Å²) in [5.74, 6) is 0. The molecule has 0 bridgehead atoms. The Kier molecular flexibility index (Phi) is 5.82. The molecule has 0 fully saturated rings. The van der Waals surface area contributed by atoms with Crippen LogP contribution in [0.15, 0.2) is 158 Å². The number of pyridine rings is 2. The number of aromatic nitrogens is 2. The molecule has 0 radical (unpaired) electrons. The van der Waals surface area contributed by atoms with Crippen LogP contribution in [0.4, 0.5) is 0 Å². The zero-order valence-electron chi connectivity index (χ0n) is 22.9. The van der Waals surface area contributed by atoms with Crippen molar-refractivity contribution < 1.29 is 0 Å². The van der Waals surface area contributed by atoms with Crippen LogP contribution in [0.1, 0.15) is 0 Å². The minimum atomic E-state index is 0.870. The van der Waals surface area contributed by atoms with E-state index in [-0.39, 0.29) is 0 Å². The van der Waals surface area contributed by atoms with Gasteiger partial charge in [-0.15, -0.1) is 0 Å². The Morgan fingerprint density at radius 1 is 0.333 bits per heavy atom. The molecule has 8 aromatic rings. The van der Waals surface area contributed by atoms with Gasteiger partial charge in [0.25, 0.3) is 0 Å². The summed E-state index contributed by atoms with van der Waals surface area (Å²) in [6.45, 7) is 0. The van der Waals surface area contributed by atoms with E-state index >= 15 is 0 Å². The lowest BCUT2D eigenvalue weighted by Gasteiger charge is -2.19. The summed E-state index contributed by atoms with van der Waals surface area (Å²) >= 11 is 0. The highest BCUT2D eigenvalue weighted by Crippen LogP contribution is 2.45. The van der Waals surface area contributed by atoms with Gasteiger partial charge in [-0.3, -0.25) is 9.97 Å². The van der Waals surface area contributed by atoms with Gasteiger partial charge >= 0.3 is 0 Å².